The summed E-state index contributed by atoms with van der Waals surface area (Å²) in [5.41, 5.74) is 1.65. The highest BCUT2D eigenvalue weighted by molar-refractivity contribution is 5.28. The molecule has 17 heavy (non-hydrogen) atoms. The van der Waals surface area contributed by atoms with Crippen molar-refractivity contribution >= 4 is 0 Å². The quantitative estimate of drug-likeness (QED) is 0.812. The molecule has 96 valence electrons. The van der Waals surface area contributed by atoms with Gasteiger partial charge in [-0.15, -0.1) is 0 Å². The Balaban J connectivity index is 2.98. The minimum atomic E-state index is -0.720. The van der Waals surface area contributed by atoms with E-state index < -0.39 is 5.60 Å². The molecule has 0 saturated carbocycles. The van der Waals surface area contributed by atoms with Crippen molar-refractivity contribution in [3.05, 3.63) is 35.4 Å². The summed E-state index contributed by atoms with van der Waals surface area (Å²) in [7, 11) is 0. The molecule has 0 saturated heterocycles. The van der Waals surface area contributed by atoms with Gasteiger partial charge in [0.15, 0.2) is 0 Å². The van der Waals surface area contributed by atoms with Crippen LogP contribution in [-0.4, -0.2) is 5.11 Å². The smallest absolute Gasteiger partial charge is 0.0893 e. The lowest BCUT2D eigenvalue weighted by Crippen LogP contribution is -2.29. The molecule has 1 aromatic rings. The summed E-state index contributed by atoms with van der Waals surface area (Å²) in [5.74, 6) is 0.926. The van der Waals surface area contributed by atoms with E-state index in [1.807, 2.05) is 13.0 Å². The lowest BCUT2D eigenvalue weighted by Gasteiger charge is -2.30. The molecular weight excluding hydrogens is 208 g/mol. The van der Waals surface area contributed by atoms with E-state index in [0.29, 0.717) is 5.92 Å². The number of aliphatic hydroxyl groups is 1. The topological polar surface area (TPSA) is 20.2 Å². The summed E-state index contributed by atoms with van der Waals surface area (Å²) in [6.45, 7) is 10.6. The van der Waals surface area contributed by atoms with Gasteiger partial charge in [-0.25, -0.2) is 0 Å². The molecule has 0 fully saturated rings. The first-order valence-corrected chi connectivity index (χ1v) is 6.69. The standard InChI is InChI=1S/C16H26O/c1-6-13(4)16(5,17)15-9-7-8-14(11-15)10-12(2)3/h7-9,11-13,17H,6,10H2,1-5H3. The maximum atomic E-state index is 10.6. The molecule has 0 heterocycles. The van der Waals surface area contributed by atoms with Crippen molar-refractivity contribution in [1.82, 2.24) is 0 Å². The summed E-state index contributed by atoms with van der Waals surface area (Å²) in [6.07, 6.45) is 2.06. The summed E-state index contributed by atoms with van der Waals surface area (Å²) < 4.78 is 0. The highest BCUT2D eigenvalue weighted by Crippen LogP contribution is 2.31. The van der Waals surface area contributed by atoms with Crippen LogP contribution in [-0.2, 0) is 12.0 Å². The van der Waals surface area contributed by atoms with Crippen LogP contribution >= 0.6 is 0 Å². The van der Waals surface area contributed by atoms with Gasteiger partial charge < -0.3 is 5.11 Å². The van der Waals surface area contributed by atoms with Crippen LogP contribution in [0.15, 0.2) is 24.3 Å². The van der Waals surface area contributed by atoms with Crippen molar-refractivity contribution in [3.63, 3.8) is 0 Å². The fourth-order valence-electron chi connectivity index (χ4n) is 2.17. The molecule has 0 radical (unpaired) electrons. The van der Waals surface area contributed by atoms with E-state index in [0.717, 1.165) is 18.4 Å². The second kappa shape index (κ2) is 5.68. The van der Waals surface area contributed by atoms with E-state index in [-0.39, 0.29) is 5.92 Å². The van der Waals surface area contributed by atoms with Crippen LogP contribution in [0.4, 0.5) is 0 Å². The Bertz CT molecular complexity index is 352. The van der Waals surface area contributed by atoms with Crippen LogP contribution in [0.25, 0.3) is 0 Å². The second-order valence-corrected chi connectivity index (χ2v) is 5.76. The van der Waals surface area contributed by atoms with Crippen LogP contribution in [0.5, 0.6) is 0 Å². The SMILES string of the molecule is CCC(C)C(C)(O)c1cccc(CC(C)C)c1. The average molecular weight is 234 g/mol. The van der Waals surface area contributed by atoms with Crippen molar-refractivity contribution in [2.75, 3.05) is 0 Å². The Morgan fingerprint density at radius 3 is 2.41 bits per heavy atom. The third-order valence-corrected chi connectivity index (χ3v) is 3.73. The van der Waals surface area contributed by atoms with Gasteiger partial charge in [0.2, 0.25) is 0 Å². The monoisotopic (exact) mass is 234 g/mol. The van der Waals surface area contributed by atoms with Crippen molar-refractivity contribution < 1.29 is 5.11 Å². The van der Waals surface area contributed by atoms with E-state index >= 15 is 0 Å². The number of hydrogen-bond donors (Lipinski definition) is 1. The molecule has 1 N–H and O–H groups in total. The van der Waals surface area contributed by atoms with Crippen LogP contribution in [0.3, 0.4) is 0 Å². The molecule has 0 aromatic heterocycles. The summed E-state index contributed by atoms with van der Waals surface area (Å²) in [6, 6.07) is 8.40. The maximum Gasteiger partial charge on any atom is 0.0893 e. The van der Waals surface area contributed by atoms with Gasteiger partial charge in [-0.1, -0.05) is 58.4 Å². The third kappa shape index (κ3) is 3.57. The van der Waals surface area contributed by atoms with Gasteiger partial charge in [0.25, 0.3) is 0 Å². The van der Waals surface area contributed by atoms with Gasteiger partial charge in [-0.2, -0.15) is 0 Å². The van der Waals surface area contributed by atoms with Crippen LogP contribution in [0, 0.1) is 11.8 Å². The van der Waals surface area contributed by atoms with Gasteiger partial charge in [0.1, 0.15) is 0 Å². The molecule has 0 aliphatic rings. The zero-order chi connectivity index (χ0) is 13.1. The Hall–Kier alpha value is -0.820. The molecule has 2 unspecified atom stereocenters. The molecule has 0 bridgehead atoms. The lowest BCUT2D eigenvalue weighted by molar-refractivity contribution is -0.0000545. The number of hydrogen-bond acceptors (Lipinski definition) is 1. The average Bonchev–Trinajstić information content (AvgIpc) is 2.27. The molecule has 0 aliphatic heterocycles. The van der Waals surface area contributed by atoms with Crippen molar-refractivity contribution in [3.8, 4) is 0 Å². The van der Waals surface area contributed by atoms with E-state index in [1.54, 1.807) is 0 Å². The molecule has 1 rings (SSSR count). The minimum absolute atomic E-state index is 0.275. The fourth-order valence-corrected chi connectivity index (χ4v) is 2.17. The van der Waals surface area contributed by atoms with E-state index in [2.05, 4.69) is 45.9 Å². The van der Waals surface area contributed by atoms with Gasteiger partial charge in [0.05, 0.1) is 5.60 Å². The fraction of sp³-hybridized carbons (Fsp3) is 0.625. The largest absolute Gasteiger partial charge is 0.385 e. The second-order valence-electron chi connectivity index (χ2n) is 5.76. The van der Waals surface area contributed by atoms with Gasteiger partial charge in [0, 0.05) is 0 Å². The highest BCUT2D eigenvalue weighted by Gasteiger charge is 2.29. The normalized spacial score (nSPS) is 16.9. The molecule has 1 heteroatoms. The molecule has 1 nitrogen and oxygen atoms in total. The molecule has 0 spiro atoms. The highest BCUT2D eigenvalue weighted by atomic mass is 16.3. The number of rotatable bonds is 5. The van der Waals surface area contributed by atoms with E-state index in [4.69, 9.17) is 0 Å². The Labute approximate surface area is 106 Å². The van der Waals surface area contributed by atoms with Gasteiger partial charge >= 0.3 is 0 Å². The zero-order valence-corrected chi connectivity index (χ0v) is 11.8. The molecule has 2 atom stereocenters. The Kier molecular flexibility index (Phi) is 4.76. The van der Waals surface area contributed by atoms with Crippen LogP contribution in [0.2, 0.25) is 0 Å². The number of benzene rings is 1. The van der Waals surface area contributed by atoms with Gasteiger partial charge in [-0.3, -0.25) is 0 Å². The Morgan fingerprint density at radius 1 is 1.24 bits per heavy atom. The van der Waals surface area contributed by atoms with Crippen molar-refractivity contribution in [2.45, 2.75) is 53.1 Å². The van der Waals surface area contributed by atoms with Crippen LogP contribution in [0.1, 0.15) is 52.2 Å². The summed E-state index contributed by atoms with van der Waals surface area (Å²) >= 11 is 0. The molecule has 0 aliphatic carbocycles. The Morgan fingerprint density at radius 2 is 1.88 bits per heavy atom. The molecule has 1 aromatic carbocycles. The van der Waals surface area contributed by atoms with Crippen LogP contribution < -0.4 is 0 Å². The lowest BCUT2D eigenvalue weighted by atomic mass is 9.81. The van der Waals surface area contributed by atoms with Gasteiger partial charge in [-0.05, 0) is 36.3 Å². The molecule has 0 amide bonds. The zero-order valence-electron chi connectivity index (χ0n) is 11.8. The predicted molar refractivity (Wildman–Crippen MR) is 74.0 cm³/mol. The summed E-state index contributed by atoms with van der Waals surface area (Å²) in [5, 5.41) is 10.6. The van der Waals surface area contributed by atoms with E-state index in [1.165, 1.54) is 5.56 Å². The first-order chi connectivity index (χ1) is 7.87. The van der Waals surface area contributed by atoms with Crippen molar-refractivity contribution in [2.24, 2.45) is 11.8 Å². The first kappa shape index (κ1) is 14.2. The minimum Gasteiger partial charge on any atom is -0.385 e. The maximum absolute atomic E-state index is 10.6. The van der Waals surface area contributed by atoms with Crippen molar-refractivity contribution in [1.29, 1.82) is 0 Å². The van der Waals surface area contributed by atoms with E-state index in [9.17, 15) is 5.11 Å². The predicted octanol–water partition coefficient (Wildman–Crippen LogP) is 4.14. The third-order valence-electron chi connectivity index (χ3n) is 3.73. The summed E-state index contributed by atoms with van der Waals surface area (Å²) in [4.78, 5) is 0. The molecular formula is C16H26O. The first-order valence-electron chi connectivity index (χ1n) is 6.69.